The van der Waals surface area contributed by atoms with E-state index in [4.69, 9.17) is 4.52 Å². The molecule has 0 radical (unpaired) electrons. The first-order chi connectivity index (χ1) is 9.83. The molecular formula is C15H25N3OS. The van der Waals surface area contributed by atoms with E-state index in [2.05, 4.69) is 22.4 Å². The van der Waals surface area contributed by atoms with Gasteiger partial charge in [-0.3, -0.25) is 0 Å². The Kier molecular flexibility index (Phi) is 4.99. The van der Waals surface area contributed by atoms with Crippen molar-refractivity contribution in [2.24, 2.45) is 11.8 Å². The van der Waals surface area contributed by atoms with Crippen molar-refractivity contribution in [3.63, 3.8) is 0 Å². The Balaban J connectivity index is 1.56. The van der Waals surface area contributed by atoms with Gasteiger partial charge in [0.25, 0.3) is 0 Å². The fraction of sp³-hybridized carbons (Fsp3) is 0.867. The molecule has 2 fully saturated rings. The van der Waals surface area contributed by atoms with Crippen LogP contribution in [-0.2, 0) is 6.42 Å². The van der Waals surface area contributed by atoms with Gasteiger partial charge in [-0.2, -0.15) is 16.7 Å². The highest BCUT2D eigenvalue weighted by molar-refractivity contribution is 7.99. The van der Waals surface area contributed by atoms with Crippen LogP contribution in [0.5, 0.6) is 0 Å². The number of nitrogens with zero attached hydrogens (tertiary/aromatic N) is 2. The standard InChI is InChI=1S/C15H25N3OS/c1-11(12-5-4-7-16-10-12)9-14-17-15(18-19-14)13-6-2-3-8-20-13/h11-13,16H,2-10H2,1H3. The number of hydrogen-bond donors (Lipinski definition) is 1. The molecule has 0 saturated carbocycles. The van der Waals surface area contributed by atoms with Gasteiger partial charge in [0.05, 0.1) is 5.25 Å². The van der Waals surface area contributed by atoms with Crippen LogP contribution < -0.4 is 5.32 Å². The molecule has 2 saturated heterocycles. The maximum absolute atomic E-state index is 5.48. The first-order valence-corrected chi connectivity index (χ1v) is 9.02. The predicted octanol–water partition coefficient (Wildman–Crippen LogP) is 3.21. The van der Waals surface area contributed by atoms with Gasteiger partial charge in [0, 0.05) is 6.42 Å². The molecule has 0 spiro atoms. The molecule has 0 aliphatic carbocycles. The van der Waals surface area contributed by atoms with Crippen LogP contribution in [-0.4, -0.2) is 29.0 Å². The highest BCUT2D eigenvalue weighted by atomic mass is 32.2. The zero-order valence-electron chi connectivity index (χ0n) is 12.3. The average Bonchev–Trinajstić information content (AvgIpc) is 2.97. The fourth-order valence-corrected chi connectivity index (χ4v) is 4.47. The van der Waals surface area contributed by atoms with Gasteiger partial charge in [0.2, 0.25) is 5.89 Å². The van der Waals surface area contributed by atoms with Crippen molar-refractivity contribution in [1.29, 1.82) is 0 Å². The van der Waals surface area contributed by atoms with Crippen LogP contribution in [0.15, 0.2) is 4.52 Å². The molecule has 2 aliphatic heterocycles. The van der Waals surface area contributed by atoms with Gasteiger partial charge in [-0.1, -0.05) is 18.5 Å². The van der Waals surface area contributed by atoms with E-state index in [1.165, 1.54) is 44.4 Å². The summed E-state index contributed by atoms with van der Waals surface area (Å²) in [5.74, 6) is 4.37. The van der Waals surface area contributed by atoms with Crippen molar-refractivity contribution < 1.29 is 4.52 Å². The summed E-state index contributed by atoms with van der Waals surface area (Å²) >= 11 is 1.98. The molecule has 1 N–H and O–H groups in total. The zero-order valence-corrected chi connectivity index (χ0v) is 13.1. The first kappa shape index (κ1) is 14.4. The number of rotatable bonds is 4. The number of aromatic nitrogens is 2. The lowest BCUT2D eigenvalue weighted by molar-refractivity contribution is 0.256. The Morgan fingerprint density at radius 1 is 1.35 bits per heavy atom. The Morgan fingerprint density at radius 3 is 3.05 bits per heavy atom. The summed E-state index contributed by atoms with van der Waals surface area (Å²) in [6.45, 7) is 4.63. The monoisotopic (exact) mass is 295 g/mol. The molecule has 0 amide bonds. The summed E-state index contributed by atoms with van der Waals surface area (Å²) < 4.78 is 5.48. The third-order valence-electron chi connectivity index (χ3n) is 4.59. The lowest BCUT2D eigenvalue weighted by Gasteiger charge is -2.27. The molecule has 3 rings (SSSR count). The van der Waals surface area contributed by atoms with Crippen molar-refractivity contribution >= 4 is 11.8 Å². The topological polar surface area (TPSA) is 51.0 Å². The van der Waals surface area contributed by atoms with Gasteiger partial charge in [-0.05, 0) is 56.4 Å². The Hall–Kier alpha value is -0.550. The molecule has 3 unspecified atom stereocenters. The van der Waals surface area contributed by atoms with E-state index in [1.807, 2.05) is 11.8 Å². The molecule has 20 heavy (non-hydrogen) atoms. The molecule has 0 aromatic carbocycles. The van der Waals surface area contributed by atoms with Gasteiger partial charge in [0.15, 0.2) is 5.82 Å². The molecule has 1 aromatic rings. The lowest BCUT2D eigenvalue weighted by atomic mass is 9.85. The van der Waals surface area contributed by atoms with E-state index in [-0.39, 0.29) is 0 Å². The summed E-state index contributed by atoms with van der Waals surface area (Å²) in [4.78, 5) is 4.65. The fourth-order valence-electron chi connectivity index (χ4n) is 3.23. The van der Waals surface area contributed by atoms with Crippen LogP contribution in [0, 0.1) is 11.8 Å². The van der Waals surface area contributed by atoms with Crippen LogP contribution in [0.4, 0.5) is 0 Å². The minimum atomic E-state index is 0.466. The van der Waals surface area contributed by atoms with Crippen molar-refractivity contribution in [3.8, 4) is 0 Å². The van der Waals surface area contributed by atoms with Crippen LogP contribution in [0.3, 0.4) is 0 Å². The van der Waals surface area contributed by atoms with E-state index >= 15 is 0 Å². The average molecular weight is 295 g/mol. The van der Waals surface area contributed by atoms with Gasteiger partial charge in [-0.25, -0.2) is 0 Å². The summed E-state index contributed by atoms with van der Waals surface area (Å²) in [6.07, 6.45) is 7.38. The smallest absolute Gasteiger partial charge is 0.226 e. The van der Waals surface area contributed by atoms with Crippen LogP contribution >= 0.6 is 11.8 Å². The lowest BCUT2D eigenvalue weighted by Crippen LogP contribution is -2.33. The highest BCUT2D eigenvalue weighted by Crippen LogP contribution is 2.36. The second-order valence-corrected chi connectivity index (χ2v) is 7.50. The van der Waals surface area contributed by atoms with Crippen molar-refractivity contribution in [2.75, 3.05) is 18.8 Å². The second kappa shape index (κ2) is 6.94. The quantitative estimate of drug-likeness (QED) is 0.924. The van der Waals surface area contributed by atoms with Crippen molar-refractivity contribution in [1.82, 2.24) is 15.5 Å². The molecular weight excluding hydrogens is 270 g/mol. The molecule has 112 valence electrons. The van der Waals surface area contributed by atoms with Crippen LogP contribution in [0.25, 0.3) is 0 Å². The minimum absolute atomic E-state index is 0.466. The normalized spacial score (nSPS) is 29.2. The van der Waals surface area contributed by atoms with Crippen LogP contribution in [0.2, 0.25) is 0 Å². The predicted molar refractivity (Wildman–Crippen MR) is 81.8 cm³/mol. The largest absolute Gasteiger partial charge is 0.339 e. The van der Waals surface area contributed by atoms with Crippen LogP contribution in [0.1, 0.15) is 56.0 Å². The summed E-state index contributed by atoms with van der Waals surface area (Å²) in [7, 11) is 0. The van der Waals surface area contributed by atoms with Gasteiger partial charge in [0.1, 0.15) is 0 Å². The maximum atomic E-state index is 5.48. The van der Waals surface area contributed by atoms with Crippen molar-refractivity contribution in [3.05, 3.63) is 11.7 Å². The maximum Gasteiger partial charge on any atom is 0.226 e. The van der Waals surface area contributed by atoms with E-state index in [1.54, 1.807) is 0 Å². The van der Waals surface area contributed by atoms with E-state index in [0.29, 0.717) is 11.2 Å². The molecule has 2 aliphatic rings. The number of hydrogen-bond acceptors (Lipinski definition) is 5. The Labute approximate surface area is 125 Å². The van der Waals surface area contributed by atoms with Gasteiger partial charge in [-0.15, -0.1) is 0 Å². The number of nitrogens with one attached hydrogen (secondary N) is 1. The molecule has 5 heteroatoms. The van der Waals surface area contributed by atoms with E-state index in [9.17, 15) is 0 Å². The summed E-state index contributed by atoms with van der Waals surface area (Å²) in [5, 5.41) is 8.17. The number of thioether (sulfide) groups is 1. The third-order valence-corrected chi connectivity index (χ3v) is 5.96. The molecule has 4 nitrogen and oxygen atoms in total. The Bertz CT molecular complexity index is 411. The minimum Gasteiger partial charge on any atom is -0.339 e. The summed E-state index contributed by atoms with van der Waals surface area (Å²) in [6, 6.07) is 0. The first-order valence-electron chi connectivity index (χ1n) is 7.97. The second-order valence-electron chi connectivity index (χ2n) is 6.19. The molecule has 1 aromatic heterocycles. The van der Waals surface area contributed by atoms with Gasteiger partial charge < -0.3 is 9.84 Å². The number of piperidine rings is 1. The Morgan fingerprint density at radius 2 is 2.30 bits per heavy atom. The summed E-state index contributed by atoms with van der Waals surface area (Å²) in [5.41, 5.74) is 0. The SMILES string of the molecule is CC(Cc1nc(C2CCCCS2)no1)C1CCCNC1. The molecule has 3 atom stereocenters. The highest BCUT2D eigenvalue weighted by Gasteiger charge is 2.24. The zero-order chi connectivity index (χ0) is 13.8. The molecule has 0 bridgehead atoms. The molecule has 3 heterocycles. The van der Waals surface area contributed by atoms with E-state index < -0.39 is 0 Å². The van der Waals surface area contributed by atoms with Crippen molar-refractivity contribution in [2.45, 2.75) is 50.7 Å². The third kappa shape index (κ3) is 3.55. The van der Waals surface area contributed by atoms with Gasteiger partial charge >= 0.3 is 0 Å². The van der Waals surface area contributed by atoms with E-state index in [0.717, 1.165) is 30.6 Å².